The third-order valence-corrected chi connectivity index (χ3v) is 9.76. The summed E-state index contributed by atoms with van der Waals surface area (Å²) in [4.78, 5) is 40.7. The van der Waals surface area contributed by atoms with E-state index in [4.69, 9.17) is 14.7 Å². The molecule has 0 saturated carbocycles. The fourth-order valence-electron chi connectivity index (χ4n) is 6.91. The zero-order chi connectivity index (χ0) is 35.9. The normalized spacial score (nSPS) is 13.5. The molecule has 0 fully saturated rings. The Kier molecular flexibility index (Phi) is 9.34. The Morgan fingerprint density at radius 3 is 1.80 bits per heavy atom. The van der Waals surface area contributed by atoms with Crippen molar-refractivity contribution in [3.8, 4) is 5.75 Å². The average Bonchev–Trinajstić information content (AvgIpc) is 3.73. The van der Waals surface area contributed by atoms with Crippen LogP contribution in [0, 0.1) is 20.8 Å². The number of carboxylic acid groups (broad SMARTS) is 2. The molecule has 0 saturated heterocycles. The topological polar surface area (TPSA) is 141 Å². The maximum absolute atomic E-state index is 11.7. The van der Waals surface area contributed by atoms with Crippen LogP contribution in [0.3, 0.4) is 0 Å². The molecule has 4 N–H and O–H groups in total. The standard InChI is InChI=1S/C41H42N4O5/c1-8-28-22(3)31-17-32-23(4)29(13-15-39(46)47)36(43-32)20-37-30(14-16-40(48)49)24(5)33(44-37)19-38-41(25(6)34(45-38)18-35(28)42-31)26(7)50-27-11-9-21(2)10-12-27/h8-12,17-20,26,42,45H,1,13-16H2,2-7H3,(H,46,47)(H,48,49). The molecule has 2 aliphatic rings. The minimum Gasteiger partial charge on any atom is -0.486 e. The van der Waals surface area contributed by atoms with Crippen molar-refractivity contribution in [3.05, 3.63) is 106 Å². The van der Waals surface area contributed by atoms with E-state index in [9.17, 15) is 19.8 Å². The number of allylic oxidation sites excluding steroid dienone is 4. The molecule has 3 aromatic heterocycles. The maximum atomic E-state index is 11.7. The fraction of sp³-hybridized carbons (Fsp3) is 0.268. The highest BCUT2D eigenvalue weighted by Crippen LogP contribution is 2.39. The van der Waals surface area contributed by atoms with E-state index in [1.807, 2.05) is 83.2 Å². The largest absolute Gasteiger partial charge is 0.486 e. The Hall–Kier alpha value is -5.70. The van der Waals surface area contributed by atoms with Crippen LogP contribution in [0.4, 0.5) is 0 Å². The van der Waals surface area contributed by atoms with Crippen LogP contribution in [0.25, 0.3) is 50.4 Å². The highest BCUT2D eigenvalue weighted by molar-refractivity contribution is 5.96. The minimum atomic E-state index is -0.897. The molecule has 9 heteroatoms. The summed E-state index contributed by atoms with van der Waals surface area (Å²) in [6.07, 6.45) is 2.00. The lowest BCUT2D eigenvalue weighted by atomic mass is 9.98. The number of aliphatic carboxylic acids is 2. The van der Waals surface area contributed by atoms with Gasteiger partial charge in [-0.15, -0.1) is 0 Å². The molecule has 50 heavy (non-hydrogen) atoms. The van der Waals surface area contributed by atoms with Gasteiger partial charge >= 0.3 is 11.9 Å². The van der Waals surface area contributed by atoms with Crippen LogP contribution >= 0.6 is 0 Å². The summed E-state index contributed by atoms with van der Waals surface area (Å²) >= 11 is 0. The van der Waals surface area contributed by atoms with Crippen molar-refractivity contribution >= 4 is 62.4 Å². The van der Waals surface area contributed by atoms with Gasteiger partial charge in [0.1, 0.15) is 11.9 Å². The van der Waals surface area contributed by atoms with Crippen LogP contribution in [0.5, 0.6) is 5.75 Å². The number of benzene rings is 1. The highest BCUT2D eigenvalue weighted by Gasteiger charge is 2.24. The molecular weight excluding hydrogens is 628 g/mol. The van der Waals surface area contributed by atoms with Crippen molar-refractivity contribution in [2.24, 2.45) is 0 Å². The monoisotopic (exact) mass is 670 g/mol. The first kappa shape index (κ1) is 34.2. The van der Waals surface area contributed by atoms with Gasteiger partial charge in [0.05, 0.1) is 22.8 Å². The summed E-state index contributed by atoms with van der Waals surface area (Å²) in [5.41, 5.74) is 14.7. The van der Waals surface area contributed by atoms with Crippen LogP contribution in [-0.2, 0) is 9.59 Å². The number of carboxylic acids is 2. The van der Waals surface area contributed by atoms with Crippen molar-refractivity contribution in [3.63, 3.8) is 0 Å². The zero-order valence-electron chi connectivity index (χ0n) is 29.3. The quantitative estimate of drug-likeness (QED) is 0.132. The summed E-state index contributed by atoms with van der Waals surface area (Å²) < 4.78 is 6.49. The Balaban J connectivity index is 1.69. The number of aromatic amines is 2. The first-order chi connectivity index (χ1) is 23.8. The van der Waals surface area contributed by atoms with Gasteiger partial charge in [-0.2, -0.15) is 0 Å². The molecule has 9 nitrogen and oxygen atoms in total. The molecule has 1 unspecified atom stereocenters. The second kappa shape index (κ2) is 13.7. The number of H-pyrrole nitrogens is 2. The van der Waals surface area contributed by atoms with Crippen LogP contribution < -0.4 is 4.74 Å². The van der Waals surface area contributed by atoms with Crippen molar-refractivity contribution < 1.29 is 24.5 Å². The van der Waals surface area contributed by atoms with Gasteiger partial charge in [-0.3, -0.25) is 9.59 Å². The fourth-order valence-corrected chi connectivity index (χ4v) is 6.91. The summed E-state index contributed by atoms with van der Waals surface area (Å²) in [5.74, 6) is -1.03. The predicted molar refractivity (Wildman–Crippen MR) is 200 cm³/mol. The van der Waals surface area contributed by atoms with E-state index in [1.54, 1.807) is 0 Å². The van der Waals surface area contributed by atoms with Crippen LogP contribution in [0.15, 0.2) is 55.1 Å². The Morgan fingerprint density at radius 1 is 0.740 bits per heavy atom. The molecule has 0 amide bonds. The van der Waals surface area contributed by atoms with Gasteiger partial charge in [-0.25, -0.2) is 9.97 Å². The number of rotatable bonds is 10. The molecule has 0 aliphatic carbocycles. The number of hydrogen-bond acceptors (Lipinski definition) is 5. The predicted octanol–water partition coefficient (Wildman–Crippen LogP) is 9.61. The van der Waals surface area contributed by atoms with Gasteiger partial charge in [0.2, 0.25) is 0 Å². The van der Waals surface area contributed by atoms with Crippen molar-refractivity contribution in [2.75, 3.05) is 0 Å². The molecule has 1 atom stereocenters. The number of aryl methyl sites for hydroxylation is 3. The molecule has 5 heterocycles. The molecule has 0 radical (unpaired) electrons. The molecule has 256 valence electrons. The van der Waals surface area contributed by atoms with Crippen molar-refractivity contribution in [2.45, 2.75) is 73.3 Å². The van der Waals surface area contributed by atoms with Gasteiger partial charge in [-0.05, 0) is 124 Å². The van der Waals surface area contributed by atoms with E-state index in [0.717, 1.165) is 83.6 Å². The van der Waals surface area contributed by atoms with Crippen molar-refractivity contribution in [1.82, 2.24) is 19.9 Å². The minimum absolute atomic E-state index is 0.0493. The van der Waals surface area contributed by atoms with Gasteiger partial charge in [0.25, 0.3) is 0 Å². The molecule has 1 aromatic carbocycles. The summed E-state index contributed by atoms with van der Waals surface area (Å²) in [5, 5.41) is 19.2. The lowest BCUT2D eigenvalue weighted by Gasteiger charge is -2.15. The lowest BCUT2D eigenvalue weighted by Crippen LogP contribution is -2.04. The Bertz CT molecular complexity index is 2290. The SMILES string of the molecule is C=Cc1c(C)c2cc3nc(cc4nc(cc5[nH]c(cc1[nH]2)c(C)c5C(C)Oc1ccc(C)cc1)C(C)=C4CCC(=O)O)C(CCC(=O)O)=C3C. The summed E-state index contributed by atoms with van der Waals surface area (Å²) in [6.45, 7) is 16.2. The highest BCUT2D eigenvalue weighted by atomic mass is 16.5. The summed E-state index contributed by atoms with van der Waals surface area (Å²) in [6, 6.07) is 15.9. The smallest absolute Gasteiger partial charge is 0.303 e. The number of ether oxygens (including phenoxy) is 1. The van der Waals surface area contributed by atoms with Crippen molar-refractivity contribution in [1.29, 1.82) is 0 Å². The summed E-state index contributed by atoms with van der Waals surface area (Å²) in [7, 11) is 0. The van der Waals surface area contributed by atoms with E-state index in [1.165, 1.54) is 0 Å². The van der Waals surface area contributed by atoms with E-state index in [2.05, 4.69) is 29.5 Å². The van der Waals surface area contributed by atoms with Crippen LogP contribution in [-0.4, -0.2) is 42.1 Å². The molecule has 0 spiro atoms. The number of fused-ring (bicyclic) bond motifs is 8. The third kappa shape index (κ3) is 6.63. The van der Waals surface area contributed by atoms with Gasteiger partial charge in [0.15, 0.2) is 0 Å². The van der Waals surface area contributed by atoms with E-state index in [-0.39, 0.29) is 25.4 Å². The first-order valence-electron chi connectivity index (χ1n) is 16.8. The maximum Gasteiger partial charge on any atom is 0.303 e. The molecule has 6 rings (SSSR count). The second-order valence-electron chi connectivity index (χ2n) is 13.1. The first-order valence-corrected chi connectivity index (χ1v) is 16.8. The third-order valence-electron chi connectivity index (χ3n) is 9.76. The molecule has 2 aliphatic heterocycles. The van der Waals surface area contributed by atoms with Crippen LogP contribution in [0.2, 0.25) is 0 Å². The number of nitrogens with zero attached hydrogens (tertiary/aromatic N) is 2. The molecule has 8 bridgehead atoms. The van der Waals surface area contributed by atoms with Gasteiger partial charge < -0.3 is 24.9 Å². The molecule has 4 aromatic rings. The van der Waals surface area contributed by atoms with Crippen LogP contribution in [0.1, 0.15) is 103 Å². The van der Waals surface area contributed by atoms with E-state index >= 15 is 0 Å². The van der Waals surface area contributed by atoms with E-state index in [0.29, 0.717) is 23.5 Å². The average molecular weight is 671 g/mol. The number of carbonyl (C=O) groups is 2. The lowest BCUT2D eigenvalue weighted by molar-refractivity contribution is -0.137. The number of aromatic nitrogens is 4. The Morgan fingerprint density at radius 2 is 1.26 bits per heavy atom. The Labute approximate surface area is 291 Å². The zero-order valence-corrected chi connectivity index (χ0v) is 29.3. The number of nitrogens with one attached hydrogen (secondary N) is 2. The van der Waals surface area contributed by atoms with Gasteiger partial charge in [0, 0.05) is 46.0 Å². The molecular formula is C41H42N4O5. The van der Waals surface area contributed by atoms with E-state index < -0.39 is 11.9 Å². The number of hydrogen-bond donors (Lipinski definition) is 4. The second-order valence-corrected chi connectivity index (χ2v) is 13.1. The van der Waals surface area contributed by atoms with Gasteiger partial charge in [-0.1, -0.05) is 30.4 Å².